The SMILES string of the molecule is Fc1cc(NC2CCCSC2)ccc1Br. The van der Waals surface area contributed by atoms with E-state index >= 15 is 0 Å². The first kappa shape index (κ1) is 11.3. The number of hydrogen-bond acceptors (Lipinski definition) is 2. The quantitative estimate of drug-likeness (QED) is 0.886. The monoisotopic (exact) mass is 289 g/mol. The molecule has 0 aromatic heterocycles. The summed E-state index contributed by atoms with van der Waals surface area (Å²) in [6.45, 7) is 0. The van der Waals surface area contributed by atoms with E-state index in [0.29, 0.717) is 10.5 Å². The minimum atomic E-state index is -0.205. The van der Waals surface area contributed by atoms with Crippen LogP contribution in [0.3, 0.4) is 0 Å². The molecule has 1 aromatic carbocycles. The summed E-state index contributed by atoms with van der Waals surface area (Å²) in [5.41, 5.74) is 0.878. The van der Waals surface area contributed by atoms with Gasteiger partial charge in [-0.05, 0) is 52.7 Å². The summed E-state index contributed by atoms with van der Waals surface area (Å²) in [5, 5.41) is 3.37. The van der Waals surface area contributed by atoms with Gasteiger partial charge in [0.2, 0.25) is 0 Å². The molecule has 0 bridgehead atoms. The molecule has 82 valence electrons. The summed E-state index contributed by atoms with van der Waals surface area (Å²) in [4.78, 5) is 0. The fourth-order valence-corrected chi connectivity index (χ4v) is 2.99. The summed E-state index contributed by atoms with van der Waals surface area (Å²) in [6, 6.07) is 5.69. The second kappa shape index (κ2) is 5.21. The van der Waals surface area contributed by atoms with Gasteiger partial charge in [-0.3, -0.25) is 0 Å². The predicted molar refractivity (Wildman–Crippen MR) is 68.1 cm³/mol. The highest BCUT2D eigenvalue weighted by Gasteiger charge is 2.13. The van der Waals surface area contributed by atoms with Crippen LogP contribution in [0.1, 0.15) is 12.8 Å². The van der Waals surface area contributed by atoms with E-state index in [1.807, 2.05) is 17.8 Å². The number of anilines is 1. The number of thioether (sulfide) groups is 1. The maximum Gasteiger partial charge on any atom is 0.139 e. The Labute approximate surface area is 102 Å². The third-order valence-corrected chi connectivity index (χ3v) is 4.31. The van der Waals surface area contributed by atoms with Gasteiger partial charge in [0.05, 0.1) is 4.47 Å². The molecule has 1 heterocycles. The van der Waals surface area contributed by atoms with Gasteiger partial charge in [-0.1, -0.05) is 0 Å². The van der Waals surface area contributed by atoms with Crippen molar-refractivity contribution >= 4 is 33.4 Å². The summed E-state index contributed by atoms with van der Waals surface area (Å²) in [6.07, 6.45) is 2.44. The standard InChI is InChI=1S/C11H13BrFNS/c12-10-4-3-8(6-11(10)13)14-9-2-1-5-15-7-9/h3-4,6,9,14H,1-2,5,7H2. The predicted octanol–water partition coefficient (Wildman–Crippen LogP) is 3.90. The van der Waals surface area contributed by atoms with Crippen molar-refractivity contribution in [3.63, 3.8) is 0 Å². The van der Waals surface area contributed by atoms with Gasteiger partial charge in [0.1, 0.15) is 5.82 Å². The third-order valence-electron chi connectivity index (χ3n) is 2.45. The summed E-state index contributed by atoms with van der Waals surface area (Å²) >= 11 is 5.11. The molecule has 1 aliphatic heterocycles. The molecular formula is C11H13BrFNS. The van der Waals surface area contributed by atoms with E-state index in [-0.39, 0.29) is 5.82 Å². The molecule has 0 radical (unpaired) electrons. The molecule has 1 atom stereocenters. The Balaban J connectivity index is 2.00. The number of rotatable bonds is 2. The molecule has 15 heavy (non-hydrogen) atoms. The maximum absolute atomic E-state index is 13.2. The highest BCUT2D eigenvalue weighted by molar-refractivity contribution is 9.10. The van der Waals surface area contributed by atoms with Crippen LogP contribution in [0.25, 0.3) is 0 Å². The van der Waals surface area contributed by atoms with Crippen molar-refractivity contribution in [2.75, 3.05) is 16.8 Å². The Morgan fingerprint density at radius 3 is 3.00 bits per heavy atom. The van der Waals surface area contributed by atoms with Gasteiger partial charge in [0.15, 0.2) is 0 Å². The molecule has 1 saturated heterocycles. The fraction of sp³-hybridized carbons (Fsp3) is 0.455. The van der Waals surface area contributed by atoms with Gasteiger partial charge in [-0.15, -0.1) is 0 Å². The highest BCUT2D eigenvalue weighted by Crippen LogP contribution is 2.23. The van der Waals surface area contributed by atoms with Crippen LogP contribution in [0.15, 0.2) is 22.7 Å². The van der Waals surface area contributed by atoms with Crippen LogP contribution in [-0.2, 0) is 0 Å². The van der Waals surface area contributed by atoms with Gasteiger partial charge in [-0.2, -0.15) is 11.8 Å². The highest BCUT2D eigenvalue weighted by atomic mass is 79.9. The molecule has 1 nitrogen and oxygen atoms in total. The molecule has 4 heteroatoms. The Morgan fingerprint density at radius 1 is 1.47 bits per heavy atom. The summed E-state index contributed by atoms with van der Waals surface area (Å²) in [7, 11) is 0. The van der Waals surface area contributed by atoms with E-state index in [4.69, 9.17) is 0 Å². The Hall–Kier alpha value is -0.220. The minimum Gasteiger partial charge on any atom is -0.381 e. The molecular weight excluding hydrogens is 277 g/mol. The lowest BCUT2D eigenvalue weighted by Crippen LogP contribution is -2.25. The number of hydrogen-bond donors (Lipinski definition) is 1. The molecule has 1 unspecified atom stereocenters. The van der Waals surface area contributed by atoms with Crippen molar-refractivity contribution < 1.29 is 4.39 Å². The second-order valence-electron chi connectivity index (χ2n) is 3.69. The molecule has 0 amide bonds. The molecule has 1 fully saturated rings. The van der Waals surface area contributed by atoms with Crippen LogP contribution in [0.5, 0.6) is 0 Å². The van der Waals surface area contributed by atoms with E-state index in [1.165, 1.54) is 18.6 Å². The van der Waals surface area contributed by atoms with Crippen LogP contribution < -0.4 is 5.32 Å². The van der Waals surface area contributed by atoms with Gasteiger partial charge < -0.3 is 5.32 Å². The third kappa shape index (κ3) is 3.11. The molecule has 0 aliphatic carbocycles. The van der Waals surface area contributed by atoms with Gasteiger partial charge >= 0.3 is 0 Å². The van der Waals surface area contributed by atoms with Crippen molar-refractivity contribution in [3.8, 4) is 0 Å². The second-order valence-corrected chi connectivity index (χ2v) is 5.69. The van der Waals surface area contributed by atoms with E-state index in [0.717, 1.165) is 11.4 Å². The minimum absolute atomic E-state index is 0.205. The van der Waals surface area contributed by atoms with E-state index in [2.05, 4.69) is 21.2 Å². The Morgan fingerprint density at radius 2 is 2.33 bits per heavy atom. The number of nitrogens with one attached hydrogen (secondary N) is 1. The fourth-order valence-electron chi connectivity index (χ4n) is 1.68. The first-order chi connectivity index (χ1) is 7.25. The first-order valence-corrected chi connectivity index (χ1v) is 7.00. The van der Waals surface area contributed by atoms with Crippen LogP contribution >= 0.6 is 27.7 Å². The molecule has 0 saturated carbocycles. The van der Waals surface area contributed by atoms with Gasteiger partial charge in [-0.25, -0.2) is 4.39 Å². The zero-order valence-electron chi connectivity index (χ0n) is 8.30. The van der Waals surface area contributed by atoms with Crippen LogP contribution in [0.4, 0.5) is 10.1 Å². The van der Waals surface area contributed by atoms with Gasteiger partial charge in [0, 0.05) is 17.5 Å². The van der Waals surface area contributed by atoms with Crippen molar-refractivity contribution in [1.29, 1.82) is 0 Å². The lowest BCUT2D eigenvalue weighted by molar-refractivity contribution is 0.620. The number of halogens is 2. The van der Waals surface area contributed by atoms with Crippen molar-refractivity contribution in [3.05, 3.63) is 28.5 Å². The normalized spacial score (nSPS) is 21.3. The molecule has 2 rings (SSSR count). The zero-order chi connectivity index (χ0) is 10.7. The van der Waals surface area contributed by atoms with Crippen molar-refractivity contribution in [2.24, 2.45) is 0 Å². The zero-order valence-corrected chi connectivity index (χ0v) is 10.7. The van der Waals surface area contributed by atoms with E-state index in [9.17, 15) is 4.39 Å². The lowest BCUT2D eigenvalue weighted by Gasteiger charge is -2.23. The van der Waals surface area contributed by atoms with E-state index in [1.54, 1.807) is 12.1 Å². The smallest absolute Gasteiger partial charge is 0.139 e. The topological polar surface area (TPSA) is 12.0 Å². The van der Waals surface area contributed by atoms with Crippen LogP contribution in [0, 0.1) is 5.82 Å². The molecule has 0 spiro atoms. The van der Waals surface area contributed by atoms with E-state index < -0.39 is 0 Å². The molecule has 1 aliphatic rings. The number of benzene rings is 1. The average Bonchev–Trinajstić information content (AvgIpc) is 2.25. The largest absolute Gasteiger partial charge is 0.381 e. The Kier molecular flexibility index (Phi) is 3.92. The Bertz CT molecular complexity index is 339. The van der Waals surface area contributed by atoms with Gasteiger partial charge in [0.25, 0.3) is 0 Å². The summed E-state index contributed by atoms with van der Waals surface area (Å²) in [5.74, 6) is 2.17. The first-order valence-electron chi connectivity index (χ1n) is 5.05. The van der Waals surface area contributed by atoms with Crippen molar-refractivity contribution in [1.82, 2.24) is 0 Å². The lowest BCUT2D eigenvalue weighted by atomic mass is 10.1. The molecule has 1 aromatic rings. The van der Waals surface area contributed by atoms with Crippen molar-refractivity contribution in [2.45, 2.75) is 18.9 Å². The van der Waals surface area contributed by atoms with Crippen LogP contribution in [-0.4, -0.2) is 17.5 Å². The molecule has 1 N–H and O–H groups in total. The average molecular weight is 290 g/mol. The summed E-state index contributed by atoms with van der Waals surface area (Å²) < 4.78 is 13.8. The van der Waals surface area contributed by atoms with Crippen LogP contribution in [0.2, 0.25) is 0 Å². The maximum atomic E-state index is 13.2.